The maximum atomic E-state index is 13.9. The molecule has 1 unspecified atom stereocenters. The quantitative estimate of drug-likeness (QED) is 0.428. The second kappa shape index (κ2) is 7.49. The normalized spacial score (nSPS) is 19.5. The number of carbonyl (C=O) groups is 1. The van der Waals surface area contributed by atoms with E-state index in [1.165, 1.54) is 18.6 Å². The van der Waals surface area contributed by atoms with E-state index < -0.39 is 5.91 Å². The van der Waals surface area contributed by atoms with Crippen LogP contribution in [0.1, 0.15) is 28.8 Å². The molecule has 116 valence electrons. The zero-order valence-electron chi connectivity index (χ0n) is 12.4. The van der Waals surface area contributed by atoms with E-state index in [1.807, 2.05) is 7.05 Å². The lowest BCUT2D eigenvalue weighted by Crippen LogP contribution is -2.38. The summed E-state index contributed by atoms with van der Waals surface area (Å²) in [6.45, 7) is 3.42. The van der Waals surface area contributed by atoms with Crippen molar-refractivity contribution in [3.63, 3.8) is 0 Å². The zero-order valence-corrected chi connectivity index (χ0v) is 12.4. The second-order valence-corrected chi connectivity index (χ2v) is 5.58. The maximum Gasteiger partial charge on any atom is 0.265 e. The molecule has 0 bridgehead atoms. The van der Waals surface area contributed by atoms with Gasteiger partial charge in [-0.05, 0) is 57.1 Å². The Labute approximate surface area is 124 Å². The van der Waals surface area contributed by atoms with E-state index in [9.17, 15) is 9.18 Å². The van der Waals surface area contributed by atoms with E-state index in [-0.39, 0.29) is 5.82 Å². The molecule has 0 radical (unpaired) electrons. The van der Waals surface area contributed by atoms with Crippen LogP contribution in [0.15, 0.2) is 18.2 Å². The Balaban J connectivity index is 2.06. The first-order valence-corrected chi connectivity index (χ1v) is 7.30. The molecule has 1 aliphatic rings. The third kappa shape index (κ3) is 4.23. The van der Waals surface area contributed by atoms with Crippen molar-refractivity contribution in [1.29, 1.82) is 0 Å². The van der Waals surface area contributed by atoms with Gasteiger partial charge in [-0.3, -0.25) is 15.1 Å². The first-order valence-electron chi connectivity index (χ1n) is 7.30. The van der Waals surface area contributed by atoms with Crippen LogP contribution in [0.5, 0.6) is 0 Å². The average Bonchev–Trinajstić information content (AvgIpc) is 2.49. The molecule has 1 aromatic carbocycles. The second-order valence-electron chi connectivity index (χ2n) is 5.58. The van der Waals surface area contributed by atoms with E-state index >= 15 is 0 Å². The third-order valence-electron chi connectivity index (χ3n) is 3.93. The highest BCUT2D eigenvalue weighted by atomic mass is 19.1. The molecule has 0 spiro atoms. The summed E-state index contributed by atoms with van der Waals surface area (Å²) in [4.78, 5) is 13.8. The minimum atomic E-state index is -0.400. The fourth-order valence-corrected chi connectivity index (χ4v) is 2.91. The molecule has 6 heteroatoms. The van der Waals surface area contributed by atoms with Crippen molar-refractivity contribution in [1.82, 2.24) is 15.6 Å². The molecule has 0 aromatic heterocycles. The van der Waals surface area contributed by atoms with E-state index in [1.54, 1.807) is 6.07 Å². The van der Waals surface area contributed by atoms with Gasteiger partial charge in [-0.1, -0.05) is 0 Å². The molecule has 0 saturated carbocycles. The number of carbonyl (C=O) groups excluding carboxylic acids is 1. The summed E-state index contributed by atoms with van der Waals surface area (Å²) >= 11 is 0. The van der Waals surface area contributed by atoms with Crippen molar-refractivity contribution in [2.24, 2.45) is 11.8 Å². The summed E-state index contributed by atoms with van der Waals surface area (Å²) in [6, 6.07) is 4.36. The highest BCUT2D eigenvalue weighted by Gasteiger charge is 2.20. The molecule has 1 aromatic rings. The van der Waals surface area contributed by atoms with Gasteiger partial charge in [-0.2, -0.15) is 0 Å². The Morgan fingerprint density at radius 2 is 2.33 bits per heavy atom. The zero-order chi connectivity index (χ0) is 15.2. The van der Waals surface area contributed by atoms with Crippen molar-refractivity contribution >= 4 is 5.91 Å². The smallest absolute Gasteiger partial charge is 0.265 e. The summed E-state index contributed by atoms with van der Waals surface area (Å²) < 4.78 is 13.9. The number of nitrogens with zero attached hydrogens (tertiary/aromatic N) is 1. The van der Waals surface area contributed by atoms with Crippen LogP contribution >= 0.6 is 0 Å². The number of hydrogen-bond donors (Lipinski definition) is 3. The van der Waals surface area contributed by atoms with Crippen LogP contribution in [-0.4, -0.2) is 37.5 Å². The first kappa shape index (κ1) is 15.9. The van der Waals surface area contributed by atoms with Gasteiger partial charge in [-0.25, -0.2) is 10.2 Å². The monoisotopic (exact) mass is 294 g/mol. The van der Waals surface area contributed by atoms with Crippen LogP contribution in [0, 0.1) is 11.7 Å². The van der Waals surface area contributed by atoms with Gasteiger partial charge in [0.05, 0.1) is 0 Å². The van der Waals surface area contributed by atoms with E-state index in [4.69, 9.17) is 5.84 Å². The van der Waals surface area contributed by atoms with Crippen LogP contribution in [0.25, 0.3) is 0 Å². The Kier molecular flexibility index (Phi) is 5.67. The summed E-state index contributed by atoms with van der Waals surface area (Å²) in [7, 11) is 1.95. The van der Waals surface area contributed by atoms with Crippen molar-refractivity contribution in [3.8, 4) is 0 Å². The van der Waals surface area contributed by atoms with Gasteiger partial charge in [0.1, 0.15) is 5.82 Å². The van der Waals surface area contributed by atoms with E-state index in [0.717, 1.165) is 26.1 Å². The number of hydrogen-bond acceptors (Lipinski definition) is 4. The number of nitrogens with one attached hydrogen (secondary N) is 2. The summed E-state index contributed by atoms with van der Waals surface area (Å²) in [5.41, 5.74) is 3.00. The van der Waals surface area contributed by atoms with Crippen LogP contribution in [0.2, 0.25) is 0 Å². The summed E-state index contributed by atoms with van der Waals surface area (Å²) in [5, 5.41) is 3.20. The van der Waals surface area contributed by atoms with Crippen molar-refractivity contribution < 1.29 is 9.18 Å². The van der Waals surface area contributed by atoms with Gasteiger partial charge in [-0.15, -0.1) is 0 Å². The molecule has 1 atom stereocenters. The highest BCUT2D eigenvalue weighted by molar-refractivity contribution is 5.93. The average molecular weight is 294 g/mol. The van der Waals surface area contributed by atoms with Gasteiger partial charge in [0, 0.05) is 24.2 Å². The Hall–Kier alpha value is -1.50. The number of nitrogens with two attached hydrogens (primary N) is 1. The third-order valence-corrected chi connectivity index (χ3v) is 3.93. The van der Waals surface area contributed by atoms with Gasteiger partial charge in [0.2, 0.25) is 0 Å². The first-order chi connectivity index (χ1) is 10.1. The molecule has 1 saturated heterocycles. The van der Waals surface area contributed by atoms with Crippen molar-refractivity contribution in [2.75, 3.05) is 26.7 Å². The molecular formula is C15H23FN4O. The lowest BCUT2D eigenvalue weighted by Gasteiger charge is -2.32. The number of rotatable bonds is 5. The molecule has 1 aliphatic heterocycles. The van der Waals surface area contributed by atoms with Crippen LogP contribution in [0.4, 0.5) is 4.39 Å². The largest absolute Gasteiger partial charge is 0.319 e. The fraction of sp³-hybridized carbons (Fsp3) is 0.533. The van der Waals surface area contributed by atoms with Crippen LogP contribution in [-0.2, 0) is 6.54 Å². The Bertz CT molecular complexity index is 493. The molecule has 1 fully saturated rings. The summed E-state index contributed by atoms with van der Waals surface area (Å²) in [5.74, 6) is 5.04. The molecule has 21 heavy (non-hydrogen) atoms. The van der Waals surface area contributed by atoms with E-state index in [2.05, 4.69) is 15.6 Å². The molecule has 0 aliphatic carbocycles. The molecule has 1 amide bonds. The standard InChI is InChI=1S/C15H23FN4O/c1-18-8-11-3-2-6-20(9-11)10-13-7-12(15(21)19-17)4-5-14(13)16/h4-5,7,11,18H,2-3,6,8-10,17H2,1H3,(H,19,21). The molecule has 4 N–H and O–H groups in total. The number of benzene rings is 1. The molecule has 5 nitrogen and oxygen atoms in total. The van der Waals surface area contributed by atoms with Crippen molar-refractivity contribution in [3.05, 3.63) is 35.1 Å². The number of amides is 1. The number of halogens is 1. The van der Waals surface area contributed by atoms with Gasteiger partial charge in [0.15, 0.2) is 0 Å². The van der Waals surface area contributed by atoms with Gasteiger partial charge < -0.3 is 5.32 Å². The van der Waals surface area contributed by atoms with Crippen LogP contribution < -0.4 is 16.6 Å². The Morgan fingerprint density at radius 3 is 3.05 bits per heavy atom. The van der Waals surface area contributed by atoms with Gasteiger partial charge >= 0.3 is 0 Å². The lowest BCUT2D eigenvalue weighted by molar-refractivity contribution is 0.0953. The SMILES string of the molecule is CNCC1CCCN(Cc2cc(C(=O)NN)ccc2F)C1. The molecule has 2 rings (SSSR count). The molecule has 1 heterocycles. The maximum absolute atomic E-state index is 13.9. The minimum absolute atomic E-state index is 0.278. The number of piperidine rings is 1. The topological polar surface area (TPSA) is 70.4 Å². The molecular weight excluding hydrogens is 271 g/mol. The lowest BCUT2D eigenvalue weighted by atomic mass is 9.97. The fourth-order valence-electron chi connectivity index (χ4n) is 2.91. The minimum Gasteiger partial charge on any atom is -0.319 e. The highest BCUT2D eigenvalue weighted by Crippen LogP contribution is 2.20. The van der Waals surface area contributed by atoms with Gasteiger partial charge in [0.25, 0.3) is 5.91 Å². The predicted octanol–water partition coefficient (Wildman–Crippen LogP) is 0.861. The van der Waals surface area contributed by atoms with Crippen LogP contribution in [0.3, 0.4) is 0 Å². The van der Waals surface area contributed by atoms with Crippen molar-refractivity contribution in [2.45, 2.75) is 19.4 Å². The number of likely N-dealkylation sites (tertiary alicyclic amines) is 1. The predicted molar refractivity (Wildman–Crippen MR) is 80.0 cm³/mol. The van der Waals surface area contributed by atoms with E-state index in [0.29, 0.717) is 23.6 Å². The Morgan fingerprint density at radius 1 is 1.52 bits per heavy atom. The summed E-state index contributed by atoms with van der Waals surface area (Å²) in [6.07, 6.45) is 2.33. The number of nitrogen functional groups attached to an aromatic ring is 1. The number of hydrazine groups is 1.